The van der Waals surface area contributed by atoms with Crippen LogP contribution in [0, 0.1) is 5.92 Å². The largest absolute Gasteiger partial charge is 0.366 e. The molecule has 1 atom stereocenters. The van der Waals surface area contributed by atoms with E-state index in [1.54, 1.807) is 29.2 Å². The van der Waals surface area contributed by atoms with Crippen LogP contribution in [0.15, 0.2) is 24.3 Å². The maximum atomic E-state index is 12.1. The fraction of sp³-hybridized carbons (Fsp3) is 0.400. The molecule has 0 aliphatic carbocycles. The van der Waals surface area contributed by atoms with Gasteiger partial charge < -0.3 is 16.0 Å². The van der Waals surface area contributed by atoms with Gasteiger partial charge in [-0.15, -0.1) is 0 Å². The predicted octanol–water partition coefficient (Wildman–Crippen LogP) is 0.982. The summed E-state index contributed by atoms with van der Waals surface area (Å²) >= 11 is 0. The standard InChI is InChI=1S/C15H19N3O3/c1-2-7-18-9-11(8-13(18)19)15(21)17-12-5-3-10(4-6-12)14(16)20/h3-6,11H,2,7-9H2,1H3,(H2,16,20)(H,17,21)/t11-/m1/s1. The minimum atomic E-state index is -0.510. The third-order valence-corrected chi connectivity index (χ3v) is 3.52. The average Bonchev–Trinajstić information content (AvgIpc) is 2.81. The molecule has 2 rings (SSSR count). The number of carbonyl (C=O) groups excluding carboxylic acids is 3. The van der Waals surface area contributed by atoms with Crippen molar-refractivity contribution in [3.05, 3.63) is 29.8 Å². The SMILES string of the molecule is CCCN1C[C@H](C(=O)Nc2ccc(C(N)=O)cc2)CC1=O. The molecule has 1 saturated heterocycles. The Morgan fingerprint density at radius 2 is 2.00 bits per heavy atom. The van der Waals surface area contributed by atoms with E-state index in [0.29, 0.717) is 24.3 Å². The lowest BCUT2D eigenvalue weighted by molar-refractivity contribution is -0.128. The molecular formula is C15H19N3O3. The van der Waals surface area contributed by atoms with Gasteiger partial charge in [-0.3, -0.25) is 14.4 Å². The zero-order chi connectivity index (χ0) is 15.4. The molecule has 1 aliphatic heterocycles. The fourth-order valence-corrected chi connectivity index (χ4v) is 2.40. The molecule has 0 unspecified atom stereocenters. The Balaban J connectivity index is 1.95. The molecule has 112 valence electrons. The quantitative estimate of drug-likeness (QED) is 0.846. The first-order valence-electron chi connectivity index (χ1n) is 6.99. The molecule has 1 aromatic rings. The van der Waals surface area contributed by atoms with Crippen LogP contribution in [0.5, 0.6) is 0 Å². The van der Waals surface area contributed by atoms with Gasteiger partial charge in [-0.05, 0) is 30.7 Å². The number of hydrogen-bond acceptors (Lipinski definition) is 3. The van der Waals surface area contributed by atoms with E-state index in [4.69, 9.17) is 5.73 Å². The summed E-state index contributed by atoms with van der Waals surface area (Å²) in [5.74, 6) is -0.973. The molecule has 1 heterocycles. The number of carbonyl (C=O) groups is 3. The lowest BCUT2D eigenvalue weighted by Gasteiger charge is -2.15. The van der Waals surface area contributed by atoms with Gasteiger partial charge in [0.05, 0.1) is 5.92 Å². The number of nitrogens with one attached hydrogen (secondary N) is 1. The van der Waals surface area contributed by atoms with Crippen molar-refractivity contribution in [3.63, 3.8) is 0 Å². The van der Waals surface area contributed by atoms with Crippen LogP contribution in [0.4, 0.5) is 5.69 Å². The van der Waals surface area contributed by atoms with Gasteiger partial charge in [-0.2, -0.15) is 0 Å². The van der Waals surface area contributed by atoms with Gasteiger partial charge in [-0.1, -0.05) is 6.92 Å². The third kappa shape index (κ3) is 3.59. The molecule has 21 heavy (non-hydrogen) atoms. The number of nitrogens with zero attached hydrogens (tertiary/aromatic N) is 1. The topological polar surface area (TPSA) is 92.5 Å². The first-order chi connectivity index (χ1) is 10.0. The van der Waals surface area contributed by atoms with E-state index in [-0.39, 0.29) is 24.2 Å². The number of anilines is 1. The lowest BCUT2D eigenvalue weighted by atomic mass is 10.1. The van der Waals surface area contributed by atoms with Crippen LogP contribution in [0.1, 0.15) is 30.1 Å². The van der Waals surface area contributed by atoms with Gasteiger partial charge in [0.2, 0.25) is 17.7 Å². The van der Waals surface area contributed by atoms with Crippen molar-refractivity contribution in [2.75, 3.05) is 18.4 Å². The summed E-state index contributed by atoms with van der Waals surface area (Å²) in [6, 6.07) is 6.36. The van der Waals surface area contributed by atoms with E-state index in [9.17, 15) is 14.4 Å². The van der Waals surface area contributed by atoms with Crippen molar-refractivity contribution >= 4 is 23.4 Å². The van der Waals surface area contributed by atoms with Crippen molar-refractivity contribution < 1.29 is 14.4 Å². The second-order valence-electron chi connectivity index (χ2n) is 5.17. The second-order valence-corrected chi connectivity index (χ2v) is 5.17. The van der Waals surface area contributed by atoms with Crippen LogP contribution < -0.4 is 11.1 Å². The van der Waals surface area contributed by atoms with Gasteiger partial charge in [0, 0.05) is 30.8 Å². The first-order valence-corrected chi connectivity index (χ1v) is 6.99. The highest BCUT2D eigenvalue weighted by atomic mass is 16.2. The molecule has 3 N–H and O–H groups in total. The third-order valence-electron chi connectivity index (χ3n) is 3.52. The summed E-state index contributed by atoms with van der Waals surface area (Å²) in [6.07, 6.45) is 1.14. The van der Waals surface area contributed by atoms with Crippen molar-refractivity contribution in [2.24, 2.45) is 11.7 Å². The van der Waals surface area contributed by atoms with Gasteiger partial charge in [0.15, 0.2) is 0 Å². The Hall–Kier alpha value is -2.37. The zero-order valence-corrected chi connectivity index (χ0v) is 12.0. The Morgan fingerprint density at radius 3 is 2.57 bits per heavy atom. The van der Waals surface area contributed by atoms with E-state index in [1.165, 1.54) is 0 Å². The number of benzene rings is 1. The van der Waals surface area contributed by atoms with E-state index in [2.05, 4.69) is 5.32 Å². The highest BCUT2D eigenvalue weighted by Gasteiger charge is 2.33. The summed E-state index contributed by atoms with van der Waals surface area (Å²) < 4.78 is 0. The van der Waals surface area contributed by atoms with Gasteiger partial charge in [0.25, 0.3) is 0 Å². The summed E-state index contributed by atoms with van der Waals surface area (Å²) in [5.41, 5.74) is 6.13. The normalized spacial score (nSPS) is 17.9. The number of nitrogens with two attached hydrogens (primary N) is 1. The number of amides is 3. The maximum Gasteiger partial charge on any atom is 0.248 e. The molecule has 0 bridgehead atoms. The molecule has 1 aromatic carbocycles. The molecular weight excluding hydrogens is 270 g/mol. The predicted molar refractivity (Wildman–Crippen MR) is 78.6 cm³/mol. The molecule has 0 radical (unpaired) electrons. The smallest absolute Gasteiger partial charge is 0.248 e. The Labute approximate surface area is 123 Å². The van der Waals surface area contributed by atoms with Crippen LogP contribution in [0.2, 0.25) is 0 Å². The van der Waals surface area contributed by atoms with E-state index in [1.807, 2.05) is 6.92 Å². The monoisotopic (exact) mass is 289 g/mol. The number of rotatable bonds is 5. The fourth-order valence-electron chi connectivity index (χ4n) is 2.40. The highest BCUT2D eigenvalue weighted by Crippen LogP contribution is 2.20. The van der Waals surface area contributed by atoms with Crippen molar-refractivity contribution in [1.82, 2.24) is 4.90 Å². The minimum Gasteiger partial charge on any atom is -0.366 e. The Kier molecular flexibility index (Phi) is 4.57. The molecule has 6 heteroatoms. The summed E-state index contributed by atoms with van der Waals surface area (Å²) in [4.78, 5) is 36.6. The molecule has 1 aliphatic rings. The van der Waals surface area contributed by atoms with Crippen LogP contribution in [-0.2, 0) is 9.59 Å². The van der Waals surface area contributed by atoms with Crippen molar-refractivity contribution in [3.8, 4) is 0 Å². The Morgan fingerprint density at radius 1 is 1.33 bits per heavy atom. The Bertz CT molecular complexity index is 554. The van der Waals surface area contributed by atoms with Gasteiger partial charge >= 0.3 is 0 Å². The summed E-state index contributed by atoms with van der Waals surface area (Å²) in [5, 5.41) is 2.76. The van der Waals surface area contributed by atoms with Crippen LogP contribution in [0.3, 0.4) is 0 Å². The van der Waals surface area contributed by atoms with Crippen LogP contribution in [0.25, 0.3) is 0 Å². The number of primary amides is 1. The average molecular weight is 289 g/mol. The van der Waals surface area contributed by atoms with Crippen molar-refractivity contribution in [2.45, 2.75) is 19.8 Å². The molecule has 0 aromatic heterocycles. The molecule has 3 amide bonds. The molecule has 0 spiro atoms. The summed E-state index contributed by atoms with van der Waals surface area (Å²) in [7, 11) is 0. The van der Waals surface area contributed by atoms with Crippen LogP contribution in [-0.4, -0.2) is 35.7 Å². The molecule has 1 fully saturated rings. The number of hydrogen-bond donors (Lipinski definition) is 2. The molecule has 0 saturated carbocycles. The summed E-state index contributed by atoms with van der Waals surface area (Å²) in [6.45, 7) is 3.16. The minimum absolute atomic E-state index is 0.0288. The van der Waals surface area contributed by atoms with E-state index >= 15 is 0 Å². The van der Waals surface area contributed by atoms with Gasteiger partial charge in [-0.25, -0.2) is 0 Å². The van der Waals surface area contributed by atoms with Crippen LogP contribution >= 0.6 is 0 Å². The van der Waals surface area contributed by atoms with E-state index < -0.39 is 5.91 Å². The van der Waals surface area contributed by atoms with E-state index in [0.717, 1.165) is 6.42 Å². The highest BCUT2D eigenvalue weighted by molar-refractivity contribution is 5.98. The number of likely N-dealkylation sites (tertiary alicyclic amines) is 1. The second kappa shape index (κ2) is 6.39. The van der Waals surface area contributed by atoms with Gasteiger partial charge in [0.1, 0.15) is 0 Å². The zero-order valence-electron chi connectivity index (χ0n) is 12.0. The van der Waals surface area contributed by atoms with Crippen molar-refractivity contribution in [1.29, 1.82) is 0 Å². The maximum absolute atomic E-state index is 12.1. The lowest BCUT2D eigenvalue weighted by Crippen LogP contribution is -2.28. The first kappa shape index (κ1) is 15.0. The molecule has 6 nitrogen and oxygen atoms in total.